The van der Waals surface area contributed by atoms with Gasteiger partial charge in [-0.2, -0.15) is 0 Å². The van der Waals surface area contributed by atoms with E-state index >= 15 is 0 Å². The van der Waals surface area contributed by atoms with Gasteiger partial charge >= 0.3 is 0 Å². The highest BCUT2D eigenvalue weighted by molar-refractivity contribution is 7.73. The maximum Gasteiger partial charge on any atom is 0.120 e. The molecule has 0 unspecified atom stereocenters. The zero-order valence-corrected chi connectivity index (χ0v) is 20.1. The van der Waals surface area contributed by atoms with E-state index in [4.69, 9.17) is 17.0 Å². The summed E-state index contributed by atoms with van der Waals surface area (Å²) >= 11 is 7.77. The molecule has 0 radical (unpaired) electrons. The van der Waals surface area contributed by atoms with Crippen molar-refractivity contribution < 1.29 is 4.74 Å². The van der Waals surface area contributed by atoms with Crippen molar-refractivity contribution >= 4 is 29.2 Å². The standard InChI is InChI=1S/C28H25NOS2/c1-4-30-20-15-16-22-21(17-20)24-25(28(2,3)29-22)23(18-11-7-5-8-12-18)26(32-27(24)31)19-13-9-6-10-14-19/h5-17,29H,4H2,1-3H3. The van der Waals surface area contributed by atoms with Crippen LogP contribution in [-0.2, 0) is 5.54 Å². The van der Waals surface area contributed by atoms with E-state index in [1.54, 1.807) is 11.3 Å². The molecule has 2 nitrogen and oxygen atoms in total. The van der Waals surface area contributed by atoms with Crippen molar-refractivity contribution in [1.82, 2.24) is 0 Å². The molecule has 0 saturated carbocycles. The Morgan fingerprint density at radius 1 is 0.875 bits per heavy atom. The molecule has 0 saturated heterocycles. The van der Waals surface area contributed by atoms with Gasteiger partial charge in [-0.1, -0.05) is 72.9 Å². The summed E-state index contributed by atoms with van der Waals surface area (Å²) in [5, 5.41) is 3.78. The van der Waals surface area contributed by atoms with E-state index in [-0.39, 0.29) is 5.54 Å². The zero-order valence-electron chi connectivity index (χ0n) is 18.4. The van der Waals surface area contributed by atoms with Gasteiger partial charge in [-0.3, -0.25) is 0 Å². The van der Waals surface area contributed by atoms with Crippen molar-refractivity contribution in [2.75, 3.05) is 11.9 Å². The molecule has 0 aliphatic carbocycles. The highest BCUT2D eigenvalue weighted by atomic mass is 32.1. The van der Waals surface area contributed by atoms with Crippen molar-refractivity contribution in [3.05, 3.63) is 88.3 Å². The maximum atomic E-state index is 6.07. The van der Waals surface area contributed by atoms with E-state index in [2.05, 4.69) is 92.0 Å². The SMILES string of the molecule is CCOc1ccc2c(c1)-c1c(c(-c3ccccc3)c(-c3ccccc3)sc1=S)C(C)(C)N2. The van der Waals surface area contributed by atoms with Crippen LogP contribution in [0.5, 0.6) is 5.75 Å². The Balaban J connectivity index is 1.91. The molecule has 0 amide bonds. The fourth-order valence-electron chi connectivity index (χ4n) is 4.57. The molecular weight excluding hydrogens is 430 g/mol. The Hall–Kier alpha value is -2.95. The molecule has 1 aliphatic rings. The quantitative estimate of drug-likeness (QED) is 0.312. The predicted octanol–water partition coefficient (Wildman–Crippen LogP) is 8.54. The number of fused-ring (bicyclic) bond motifs is 3. The van der Waals surface area contributed by atoms with Gasteiger partial charge in [-0.05, 0) is 55.7 Å². The van der Waals surface area contributed by atoms with Crippen LogP contribution in [0.2, 0.25) is 0 Å². The van der Waals surface area contributed by atoms with Crippen LogP contribution in [-0.4, -0.2) is 6.61 Å². The number of benzene rings is 3. The van der Waals surface area contributed by atoms with Gasteiger partial charge in [0.25, 0.3) is 0 Å². The third-order valence-corrected chi connectivity index (χ3v) is 7.36. The van der Waals surface area contributed by atoms with Gasteiger partial charge in [0.05, 0.1) is 16.0 Å². The van der Waals surface area contributed by atoms with Crippen LogP contribution in [0, 0.1) is 3.82 Å². The second-order valence-electron chi connectivity index (χ2n) is 8.47. The summed E-state index contributed by atoms with van der Waals surface area (Å²) in [6, 6.07) is 27.5. The van der Waals surface area contributed by atoms with E-state index in [0.717, 1.165) is 26.4 Å². The lowest BCUT2D eigenvalue weighted by Gasteiger charge is -2.38. The van der Waals surface area contributed by atoms with Crippen molar-refractivity contribution in [1.29, 1.82) is 0 Å². The third kappa shape index (κ3) is 3.54. The first kappa shape index (κ1) is 20.9. The van der Waals surface area contributed by atoms with Crippen LogP contribution in [0.1, 0.15) is 26.3 Å². The number of nitrogens with one attached hydrogen (secondary N) is 1. The van der Waals surface area contributed by atoms with E-state index in [1.807, 2.05) is 13.0 Å². The van der Waals surface area contributed by atoms with Gasteiger partial charge in [-0.15, -0.1) is 11.3 Å². The first-order chi connectivity index (χ1) is 15.5. The molecule has 0 spiro atoms. The first-order valence-corrected chi connectivity index (χ1v) is 12.1. The van der Waals surface area contributed by atoms with Crippen LogP contribution in [0.15, 0.2) is 78.9 Å². The molecule has 160 valence electrons. The first-order valence-electron chi connectivity index (χ1n) is 10.9. The Kier molecular flexibility index (Phi) is 5.36. The normalized spacial score (nSPS) is 13.6. The van der Waals surface area contributed by atoms with Crippen molar-refractivity contribution in [2.24, 2.45) is 0 Å². The number of hydrogen-bond acceptors (Lipinski definition) is 4. The molecule has 3 aromatic carbocycles. The average molecular weight is 456 g/mol. The molecule has 2 heterocycles. The van der Waals surface area contributed by atoms with Gasteiger partial charge in [0.1, 0.15) is 5.75 Å². The minimum absolute atomic E-state index is 0.300. The summed E-state index contributed by atoms with van der Waals surface area (Å²) in [7, 11) is 0. The summed E-state index contributed by atoms with van der Waals surface area (Å²) < 4.78 is 6.73. The summed E-state index contributed by atoms with van der Waals surface area (Å²) in [6.07, 6.45) is 0. The number of anilines is 1. The molecule has 1 aromatic heterocycles. The van der Waals surface area contributed by atoms with Crippen molar-refractivity contribution in [3.63, 3.8) is 0 Å². The van der Waals surface area contributed by atoms with Gasteiger partial charge in [-0.25, -0.2) is 0 Å². The molecule has 0 atom stereocenters. The van der Waals surface area contributed by atoms with E-state index < -0.39 is 0 Å². The lowest BCUT2D eigenvalue weighted by Crippen LogP contribution is -2.33. The minimum atomic E-state index is -0.300. The summed E-state index contributed by atoms with van der Waals surface area (Å²) in [4.78, 5) is 1.21. The van der Waals surface area contributed by atoms with Crippen LogP contribution >= 0.6 is 23.6 Å². The molecule has 4 aromatic rings. The predicted molar refractivity (Wildman–Crippen MR) is 139 cm³/mol. The topological polar surface area (TPSA) is 21.3 Å². The molecule has 5 rings (SSSR count). The molecule has 0 bridgehead atoms. The number of ether oxygens (including phenoxy) is 1. The number of hydrogen-bond donors (Lipinski definition) is 1. The Bertz CT molecular complexity index is 1340. The largest absolute Gasteiger partial charge is 0.494 e. The summed E-state index contributed by atoms with van der Waals surface area (Å²) in [6.45, 7) is 7.13. The van der Waals surface area contributed by atoms with E-state index in [9.17, 15) is 0 Å². The summed E-state index contributed by atoms with van der Waals surface area (Å²) in [5.74, 6) is 0.867. The zero-order chi connectivity index (χ0) is 22.3. The molecular formula is C28H25NOS2. The smallest absolute Gasteiger partial charge is 0.120 e. The minimum Gasteiger partial charge on any atom is -0.494 e. The average Bonchev–Trinajstić information content (AvgIpc) is 2.80. The van der Waals surface area contributed by atoms with Crippen LogP contribution in [0.4, 0.5) is 5.69 Å². The van der Waals surface area contributed by atoms with Crippen molar-refractivity contribution in [2.45, 2.75) is 26.3 Å². The van der Waals surface area contributed by atoms with E-state index in [1.165, 1.54) is 27.1 Å². The molecule has 1 aliphatic heterocycles. The van der Waals surface area contributed by atoms with Gasteiger partial charge in [0.15, 0.2) is 0 Å². The van der Waals surface area contributed by atoms with Crippen LogP contribution in [0.25, 0.3) is 32.7 Å². The fraction of sp³-hybridized carbons (Fsp3) is 0.179. The lowest BCUT2D eigenvalue weighted by atomic mass is 9.79. The Morgan fingerprint density at radius 2 is 1.53 bits per heavy atom. The van der Waals surface area contributed by atoms with E-state index in [0.29, 0.717) is 6.61 Å². The summed E-state index contributed by atoms with van der Waals surface area (Å²) in [5.41, 5.74) is 7.93. The highest BCUT2D eigenvalue weighted by Gasteiger charge is 2.36. The van der Waals surface area contributed by atoms with Crippen LogP contribution in [0.3, 0.4) is 0 Å². The second kappa shape index (κ2) is 8.19. The molecule has 0 fully saturated rings. The highest BCUT2D eigenvalue weighted by Crippen LogP contribution is 2.53. The molecule has 1 N–H and O–H groups in total. The Labute approximate surface area is 198 Å². The third-order valence-electron chi connectivity index (χ3n) is 5.87. The maximum absolute atomic E-state index is 6.07. The Morgan fingerprint density at radius 3 is 2.19 bits per heavy atom. The van der Waals surface area contributed by atoms with Gasteiger partial charge in [0.2, 0.25) is 0 Å². The fourth-order valence-corrected chi connectivity index (χ4v) is 6.11. The van der Waals surface area contributed by atoms with Crippen molar-refractivity contribution in [3.8, 4) is 38.4 Å². The number of rotatable bonds is 4. The molecule has 4 heteroatoms. The monoisotopic (exact) mass is 455 g/mol. The van der Waals surface area contributed by atoms with Gasteiger partial charge in [0, 0.05) is 27.3 Å². The second-order valence-corrected chi connectivity index (χ2v) is 10.2. The lowest BCUT2D eigenvalue weighted by molar-refractivity contribution is 0.340. The molecule has 32 heavy (non-hydrogen) atoms. The van der Waals surface area contributed by atoms with Gasteiger partial charge < -0.3 is 10.1 Å². The van der Waals surface area contributed by atoms with Crippen LogP contribution < -0.4 is 10.1 Å².